The van der Waals surface area contributed by atoms with Crippen molar-refractivity contribution >= 4 is 34.0 Å². The van der Waals surface area contributed by atoms with Gasteiger partial charge in [-0.15, -0.1) is 11.7 Å². The molecule has 0 radical (unpaired) electrons. The molecule has 0 aliphatic rings. The van der Waals surface area contributed by atoms with Crippen LogP contribution in [0.4, 0.5) is 5.69 Å². The highest BCUT2D eigenvalue weighted by Gasteiger charge is 2.10. The maximum absolute atomic E-state index is 11.4. The van der Waals surface area contributed by atoms with Gasteiger partial charge in [-0.2, -0.15) is 0 Å². The minimum atomic E-state index is -0.136. The number of hydrogen-bond donors (Lipinski definition) is 2. The Labute approximate surface area is 86.9 Å². The molecule has 0 aliphatic carbocycles. The molecule has 1 N–H and O–H groups in total. The van der Waals surface area contributed by atoms with Crippen LogP contribution >= 0.6 is 22.5 Å². The number of benzene rings is 1. The van der Waals surface area contributed by atoms with E-state index in [0.717, 1.165) is 5.69 Å². The van der Waals surface area contributed by atoms with Crippen molar-refractivity contribution in [1.29, 1.82) is 0 Å². The first-order chi connectivity index (χ1) is 6.24. The first-order valence-corrected chi connectivity index (χ1v) is 5.83. The minimum absolute atomic E-state index is 0.0220. The molecule has 13 heavy (non-hydrogen) atoms. The third kappa shape index (κ3) is 3.32. The number of carbonyl (C=O) groups is 1. The summed E-state index contributed by atoms with van der Waals surface area (Å²) in [6.07, 6.45) is 0. The van der Waals surface area contributed by atoms with Crippen molar-refractivity contribution in [2.24, 2.45) is 0 Å². The van der Waals surface area contributed by atoms with Gasteiger partial charge < -0.3 is 5.32 Å². The van der Waals surface area contributed by atoms with Gasteiger partial charge in [0.1, 0.15) is 0 Å². The second-order valence-corrected chi connectivity index (χ2v) is 4.15. The lowest BCUT2D eigenvalue weighted by atomic mass is 10.3. The average molecular weight is 213 g/mol. The SMILES string of the molecule is CC(SS)C(=O)Nc1ccccc1. The topological polar surface area (TPSA) is 29.1 Å². The van der Waals surface area contributed by atoms with E-state index in [1.54, 1.807) is 0 Å². The van der Waals surface area contributed by atoms with Gasteiger partial charge in [0.25, 0.3) is 0 Å². The van der Waals surface area contributed by atoms with E-state index in [0.29, 0.717) is 0 Å². The van der Waals surface area contributed by atoms with Crippen LogP contribution in [0.5, 0.6) is 0 Å². The highest BCUT2D eigenvalue weighted by Crippen LogP contribution is 2.16. The summed E-state index contributed by atoms with van der Waals surface area (Å²) in [5, 5.41) is 2.65. The first kappa shape index (κ1) is 10.5. The number of nitrogens with one attached hydrogen (secondary N) is 1. The van der Waals surface area contributed by atoms with E-state index in [4.69, 9.17) is 0 Å². The van der Waals surface area contributed by atoms with Gasteiger partial charge in [0.15, 0.2) is 0 Å². The Morgan fingerprint density at radius 1 is 1.46 bits per heavy atom. The Balaban J connectivity index is 2.55. The number of para-hydroxylation sites is 1. The van der Waals surface area contributed by atoms with Crippen molar-refractivity contribution in [3.8, 4) is 0 Å². The zero-order valence-corrected chi connectivity index (χ0v) is 8.94. The fourth-order valence-electron chi connectivity index (χ4n) is 0.813. The summed E-state index contributed by atoms with van der Waals surface area (Å²) in [7, 11) is 1.23. The maximum Gasteiger partial charge on any atom is 0.238 e. The lowest BCUT2D eigenvalue weighted by molar-refractivity contribution is -0.115. The minimum Gasteiger partial charge on any atom is -0.325 e. The van der Waals surface area contributed by atoms with Crippen LogP contribution in [0.2, 0.25) is 0 Å². The standard InChI is InChI=1S/C9H11NOS2/c1-7(13-12)9(11)10-8-5-3-2-4-6-8/h2-7,12H,1H3,(H,10,11). The molecule has 2 nitrogen and oxygen atoms in total. The van der Waals surface area contributed by atoms with Crippen LogP contribution in [0.1, 0.15) is 6.92 Å². The predicted octanol–water partition coefficient (Wildman–Crippen LogP) is 2.59. The molecule has 0 fully saturated rings. The second-order valence-electron chi connectivity index (χ2n) is 2.60. The van der Waals surface area contributed by atoms with Gasteiger partial charge in [0, 0.05) is 5.69 Å². The van der Waals surface area contributed by atoms with Crippen LogP contribution in [-0.4, -0.2) is 11.2 Å². The van der Waals surface area contributed by atoms with Crippen LogP contribution < -0.4 is 5.32 Å². The molecule has 1 rings (SSSR count). The third-order valence-electron chi connectivity index (χ3n) is 1.57. The van der Waals surface area contributed by atoms with Crippen LogP contribution in [0.15, 0.2) is 30.3 Å². The highest BCUT2D eigenvalue weighted by molar-refractivity contribution is 8.69. The van der Waals surface area contributed by atoms with Crippen molar-refractivity contribution in [3.05, 3.63) is 30.3 Å². The number of rotatable bonds is 3. The fraction of sp³-hybridized carbons (Fsp3) is 0.222. The van der Waals surface area contributed by atoms with Crippen LogP contribution in [-0.2, 0) is 4.79 Å². The molecule has 0 saturated heterocycles. The molecule has 0 aromatic heterocycles. The van der Waals surface area contributed by atoms with Crippen molar-refractivity contribution in [2.75, 3.05) is 5.32 Å². The van der Waals surface area contributed by atoms with Crippen molar-refractivity contribution < 1.29 is 4.79 Å². The molecule has 0 aliphatic heterocycles. The predicted molar refractivity (Wildman–Crippen MR) is 61.1 cm³/mol. The van der Waals surface area contributed by atoms with E-state index < -0.39 is 0 Å². The Bertz CT molecular complexity index is 276. The Morgan fingerprint density at radius 3 is 2.62 bits per heavy atom. The Kier molecular flexibility index (Phi) is 4.18. The number of thiol groups is 1. The first-order valence-electron chi connectivity index (χ1n) is 3.90. The van der Waals surface area contributed by atoms with Gasteiger partial charge in [-0.25, -0.2) is 0 Å². The molecule has 1 atom stereocenters. The van der Waals surface area contributed by atoms with Crippen molar-refractivity contribution in [2.45, 2.75) is 12.2 Å². The number of amides is 1. The summed E-state index contributed by atoms with van der Waals surface area (Å²) in [4.78, 5) is 11.4. The van der Waals surface area contributed by atoms with Gasteiger partial charge >= 0.3 is 0 Å². The van der Waals surface area contributed by atoms with E-state index in [2.05, 4.69) is 17.0 Å². The average Bonchev–Trinajstić information content (AvgIpc) is 2.18. The molecular weight excluding hydrogens is 202 g/mol. The molecule has 1 aromatic rings. The summed E-state index contributed by atoms with van der Waals surface area (Å²) in [6, 6.07) is 9.39. The number of anilines is 1. The lowest BCUT2D eigenvalue weighted by Gasteiger charge is -2.08. The molecule has 1 unspecified atom stereocenters. The number of hydrogen-bond acceptors (Lipinski definition) is 3. The Morgan fingerprint density at radius 2 is 2.08 bits per heavy atom. The normalized spacial score (nSPS) is 12.2. The molecular formula is C9H11NOS2. The molecule has 0 bridgehead atoms. The van der Waals surface area contributed by atoms with Crippen LogP contribution in [0, 0.1) is 0 Å². The Hall–Kier alpha value is -0.610. The largest absolute Gasteiger partial charge is 0.325 e. The molecule has 1 amide bonds. The van der Waals surface area contributed by atoms with E-state index >= 15 is 0 Å². The molecule has 0 spiro atoms. The molecule has 1 aromatic carbocycles. The summed E-state index contributed by atoms with van der Waals surface area (Å²) >= 11 is 3.98. The summed E-state index contributed by atoms with van der Waals surface area (Å²) in [6.45, 7) is 1.82. The quantitative estimate of drug-likeness (QED) is 0.597. The van der Waals surface area contributed by atoms with Gasteiger partial charge in [0.2, 0.25) is 5.91 Å². The summed E-state index contributed by atoms with van der Waals surface area (Å²) < 4.78 is 0. The van der Waals surface area contributed by atoms with E-state index in [-0.39, 0.29) is 11.2 Å². The monoisotopic (exact) mass is 213 g/mol. The van der Waals surface area contributed by atoms with Crippen LogP contribution in [0.25, 0.3) is 0 Å². The van der Waals surface area contributed by atoms with E-state index in [1.165, 1.54) is 10.8 Å². The number of carbonyl (C=O) groups excluding carboxylic acids is 1. The van der Waals surface area contributed by atoms with Gasteiger partial charge in [-0.1, -0.05) is 29.0 Å². The molecule has 0 saturated carbocycles. The fourth-order valence-corrected chi connectivity index (χ4v) is 1.26. The van der Waals surface area contributed by atoms with Gasteiger partial charge in [-0.05, 0) is 19.1 Å². The third-order valence-corrected chi connectivity index (χ3v) is 3.05. The highest BCUT2D eigenvalue weighted by atomic mass is 33.1. The van der Waals surface area contributed by atoms with E-state index in [1.807, 2.05) is 37.3 Å². The summed E-state index contributed by atoms with van der Waals surface area (Å²) in [5.41, 5.74) is 0.821. The molecule has 70 valence electrons. The zero-order valence-electron chi connectivity index (χ0n) is 7.23. The lowest BCUT2D eigenvalue weighted by Crippen LogP contribution is -2.21. The molecule has 4 heteroatoms. The molecule has 0 heterocycles. The zero-order chi connectivity index (χ0) is 9.68. The summed E-state index contributed by atoms with van der Waals surface area (Å²) in [5.74, 6) is -0.0220. The van der Waals surface area contributed by atoms with Crippen molar-refractivity contribution in [1.82, 2.24) is 0 Å². The second kappa shape index (κ2) is 5.19. The van der Waals surface area contributed by atoms with Crippen LogP contribution in [0.3, 0.4) is 0 Å². The van der Waals surface area contributed by atoms with Gasteiger partial charge in [0.05, 0.1) is 5.25 Å². The maximum atomic E-state index is 11.4. The van der Waals surface area contributed by atoms with Gasteiger partial charge in [-0.3, -0.25) is 4.79 Å². The van der Waals surface area contributed by atoms with E-state index in [9.17, 15) is 4.79 Å². The van der Waals surface area contributed by atoms with Crippen molar-refractivity contribution in [3.63, 3.8) is 0 Å². The smallest absolute Gasteiger partial charge is 0.238 e.